The Morgan fingerprint density at radius 2 is 2.11 bits per heavy atom. The highest BCUT2D eigenvalue weighted by Gasteiger charge is 2.21. The summed E-state index contributed by atoms with van der Waals surface area (Å²) in [6.07, 6.45) is 0. The highest BCUT2D eigenvalue weighted by atomic mass is 79.9. The van der Waals surface area contributed by atoms with Gasteiger partial charge in [0.25, 0.3) is 0 Å². The standard InChI is InChI=1S/C14H17BrN2S/c1-14(2,13-4-3-7-18-13)9-17-12-6-5-10(15)8-11(12)16/h3-8,17H,9,16H2,1-2H3. The van der Waals surface area contributed by atoms with Gasteiger partial charge in [0.1, 0.15) is 0 Å². The fourth-order valence-corrected chi connectivity index (χ4v) is 2.99. The van der Waals surface area contributed by atoms with Crippen molar-refractivity contribution < 1.29 is 0 Å². The first-order valence-corrected chi connectivity index (χ1v) is 7.49. The number of nitrogen functional groups attached to an aromatic ring is 1. The summed E-state index contributed by atoms with van der Waals surface area (Å²) in [6, 6.07) is 10.2. The van der Waals surface area contributed by atoms with E-state index in [-0.39, 0.29) is 5.41 Å². The van der Waals surface area contributed by atoms with E-state index in [9.17, 15) is 0 Å². The fourth-order valence-electron chi connectivity index (χ4n) is 1.76. The van der Waals surface area contributed by atoms with E-state index in [0.29, 0.717) is 0 Å². The Morgan fingerprint density at radius 3 is 2.72 bits per heavy atom. The van der Waals surface area contributed by atoms with Gasteiger partial charge in [-0.1, -0.05) is 35.8 Å². The molecule has 0 amide bonds. The molecule has 1 heterocycles. The van der Waals surface area contributed by atoms with Crippen LogP contribution in [0.25, 0.3) is 0 Å². The van der Waals surface area contributed by atoms with Crippen molar-refractivity contribution >= 4 is 38.6 Å². The molecule has 0 aliphatic rings. The van der Waals surface area contributed by atoms with Gasteiger partial charge in [-0.3, -0.25) is 0 Å². The van der Waals surface area contributed by atoms with Crippen molar-refractivity contribution in [1.29, 1.82) is 0 Å². The van der Waals surface area contributed by atoms with Crippen molar-refractivity contribution in [2.75, 3.05) is 17.6 Å². The van der Waals surface area contributed by atoms with Crippen molar-refractivity contribution in [2.45, 2.75) is 19.3 Å². The molecule has 1 aromatic heterocycles. The molecule has 2 rings (SSSR count). The fraction of sp³-hybridized carbons (Fsp3) is 0.286. The number of nitrogens with one attached hydrogen (secondary N) is 1. The summed E-state index contributed by atoms with van der Waals surface area (Å²) < 4.78 is 1.00. The Morgan fingerprint density at radius 1 is 1.33 bits per heavy atom. The number of hydrogen-bond donors (Lipinski definition) is 2. The molecule has 0 bridgehead atoms. The average Bonchev–Trinajstić information content (AvgIpc) is 2.82. The van der Waals surface area contributed by atoms with Crippen molar-refractivity contribution in [1.82, 2.24) is 0 Å². The van der Waals surface area contributed by atoms with E-state index in [4.69, 9.17) is 5.73 Å². The zero-order valence-corrected chi connectivity index (χ0v) is 12.9. The van der Waals surface area contributed by atoms with Gasteiger partial charge in [0.05, 0.1) is 11.4 Å². The lowest BCUT2D eigenvalue weighted by Gasteiger charge is -2.24. The second-order valence-corrected chi connectivity index (χ2v) is 6.81. The smallest absolute Gasteiger partial charge is 0.0575 e. The summed E-state index contributed by atoms with van der Waals surface area (Å²) in [4.78, 5) is 1.38. The van der Waals surface area contributed by atoms with E-state index in [1.807, 2.05) is 18.2 Å². The van der Waals surface area contributed by atoms with Gasteiger partial charge in [-0.05, 0) is 29.6 Å². The first kappa shape index (κ1) is 13.4. The molecule has 3 N–H and O–H groups in total. The summed E-state index contributed by atoms with van der Waals surface area (Å²) in [6.45, 7) is 5.33. The highest BCUT2D eigenvalue weighted by Crippen LogP contribution is 2.29. The van der Waals surface area contributed by atoms with E-state index in [1.165, 1.54) is 4.88 Å². The summed E-state index contributed by atoms with van der Waals surface area (Å²) >= 11 is 5.21. The number of thiophene rings is 1. The minimum Gasteiger partial charge on any atom is -0.397 e. The summed E-state index contributed by atoms with van der Waals surface area (Å²) in [7, 11) is 0. The number of nitrogens with two attached hydrogens (primary N) is 1. The zero-order chi connectivity index (χ0) is 13.2. The summed E-state index contributed by atoms with van der Waals surface area (Å²) in [5.41, 5.74) is 7.84. The molecule has 96 valence electrons. The Labute approximate surface area is 120 Å². The van der Waals surface area contributed by atoms with Crippen LogP contribution in [0.15, 0.2) is 40.2 Å². The van der Waals surface area contributed by atoms with Crippen LogP contribution in [0.1, 0.15) is 18.7 Å². The third-order valence-electron chi connectivity index (χ3n) is 2.92. The van der Waals surface area contributed by atoms with Crippen LogP contribution in [0.2, 0.25) is 0 Å². The van der Waals surface area contributed by atoms with Gasteiger partial charge in [0.15, 0.2) is 0 Å². The number of anilines is 2. The molecular formula is C14H17BrN2S. The monoisotopic (exact) mass is 324 g/mol. The lowest BCUT2D eigenvalue weighted by atomic mass is 9.91. The number of halogens is 1. The Balaban J connectivity index is 2.07. The molecule has 2 aromatic rings. The summed E-state index contributed by atoms with van der Waals surface area (Å²) in [5.74, 6) is 0. The topological polar surface area (TPSA) is 38.0 Å². The predicted molar refractivity (Wildman–Crippen MR) is 84.4 cm³/mol. The largest absolute Gasteiger partial charge is 0.397 e. The Hall–Kier alpha value is -1.00. The molecule has 0 atom stereocenters. The van der Waals surface area contributed by atoms with Gasteiger partial charge in [0.2, 0.25) is 0 Å². The second kappa shape index (κ2) is 5.33. The number of hydrogen-bond acceptors (Lipinski definition) is 3. The van der Waals surface area contributed by atoms with Crippen LogP contribution in [-0.2, 0) is 5.41 Å². The first-order valence-electron chi connectivity index (χ1n) is 5.82. The molecule has 0 fully saturated rings. The Bertz CT molecular complexity index is 521. The molecule has 0 radical (unpaired) electrons. The lowest BCUT2D eigenvalue weighted by Crippen LogP contribution is -2.26. The van der Waals surface area contributed by atoms with Crippen LogP contribution in [-0.4, -0.2) is 6.54 Å². The third kappa shape index (κ3) is 3.06. The molecule has 18 heavy (non-hydrogen) atoms. The molecule has 0 saturated heterocycles. The van der Waals surface area contributed by atoms with E-state index >= 15 is 0 Å². The number of rotatable bonds is 4. The van der Waals surface area contributed by atoms with Crippen LogP contribution in [0.4, 0.5) is 11.4 Å². The minimum absolute atomic E-state index is 0.105. The van der Waals surface area contributed by atoms with Crippen molar-refractivity contribution in [3.8, 4) is 0 Å². The molecule has 0 unspecified atom stereocenters. The van der Waals surface area contributed by atoms with Gasteiger partial charge in [0, 0.05) is 21.3 Å². The van der Waals surface area contributed by atoms with Crippen LogP contribution in [0.3, 0.4) is 0 Å². The minimum atomic E-state index is 0.105. The Kier molecular flexibility index (Phi) is 3.97. The predicted octanol–water partition coefficient (Wildman–Crippen LogP) is 4.48. The van der Waals surface area contributed by atoms with E-state index < -0.39 is 0 Å². The van der Waals surface area contributed by atoms with Crippen molar-refractivity contribution in [3.05, 3.63) is 45.1 Å². The molecule has 2 nitrogen and oxygen atoms in total. The average molecular weight is 325 g/mol. The van der Waals surface area contributed by atoms with Crippen LogP contribution in [0.5, 0.6) is 0 Å². The van der Waals surface area contributed by atoms with Crippen LogP contribution < -0.4 is 11.1 Å². The molecule has 4 heteroatoms. The van der Waals surface area contributed by atoms with Gasteiger partial charge >= 0.3 is 0 Å². The second-order valence-electron chi connectivity index (χ2n) is 4.95. The zero-order valence-electron chi connectivity index (χ0n) is 10.5. The quantitative estimate of drug-likeness (QED) is 0.813. The molecule has 1 aromatic carbocycles. The van der Waals surface area contributed by atoms with Crippen LogP contribution >= 0.6 is 27.3 Å². The SMILES string of the molecule is CC(C)(CNc1ccc(Br)cc1N)c1cccs1. The maximum absolute atomic E-state index is 5.98. The van der Waals surface area contributed by atoms with Gasteiger partial charge < -0.3 is 11.1 Å². The van der Waals surface area contributed by atoms with Crippen molar-refractivity contribution in [2.24, 2.45) is 0 Å². The maximum atomic E-state index is 5.98. The highest BCUT2D eigenvalue weighted by molar-refractivity contribution is 9.10. The van der Waals surface area contributed by atoms with E-state index in [1.54, 1.807) is 11.3 Å². The molecule has 0 aliphatic heterocycles. The third-order valence-corrected chi connectivity index (χ3v) is 4.65. The summed E-state index contributed by atoms with van der Waals surface area (Å²) in [5, 5.41) is 5.55. The lowest BCUT2D eigenvalue weighted by molar-refractivity contribution is 0.569. The first-order chi connectivity index (χ1) is 8.49. The molecular weight excluding hydrogens is 308 g/mol. The normalized spacial score (nSPS) is 11.5. The van der Waals surface area contributed by atoms with Crippen molar-refractivity contribution in [3.63, 3.8) is 0 Å². The maximum Gasteiger partial charge on any atom is 0.0575 e. The van der Waals surface area contributed by atoms with E-state index in [2.05, 4.69) is 52.6 Å². The molecule has 0 spiro atoms. The molecule has 0 aliphatic carbocycles. The van der Waals surface area contributed by atoms with Crippen LogP contribution in [0, 0.1) is 0 Å². The van der Waals surface area contributed by atoms with Gasteiger partial charge in [-0.15, -0.1) is 11.3 Å². The van der Waals surface area contributed by atoms with E-state index in [0.717, 1.165) is 22.4 Å². The van der Waals surface area contributed by atoms with Gasteiger partial charge in [-0.25, -0.2) is 0 Å². The molecule has 0 saturated carbocycles. The van der Waals surface area contributed by atoms with Gasteiger partial charge in [-0.2, -0.15) is 0 Å². The number of benzene rings is 1.